The molecule has 3 aromatic rings. The van der Waals surface area contributed by atoms with Crippen molar-refractivity contribution in [2.75, 3.05) is 0 Å². The van der Waals surface area contributed by atoms with Crippen molar-refractivity contribution in [2.24, 2.45) is 10.9 Å². The van der Waals surface area contributed by atoms with E-state index in [-0.39, 0.29) is 34.3 Å². The standard InChI is InChI=1S/C22H16Cl2N2O3/c23-16-8-11-18(19(24)13-16)22(28)29-17-9-6-15(7-10-17)21(26-25)20(27)12-14-4-2-1-3-5-14/h1-11,13H,12,25H2/b26-21+. The number of rotatable bonds is 6. The molecule has 29 heavy (non-hydrogen) atoms. The van der Waals surface area contributed by atoms with Gasteiger partial charge in [-0.15, -0.1) is 0 Å². The summed E-state index contributed by atoms with van der Waals surface area (Å²) in [5.41, 5.74) is 1.73. The number of benzene rings is 3. The average Bonchev–Trinajstić information content (AvgIpc) is 2.70. The van der Waals surface area contributed by atoms with Gasteiger partial charge in [0, 0.05) is 17.0 Å². The van der Waals surface area contributed by atoms with Crippen LogP contribution in [-0.2, 0) is 11.2 Å². The van der Waals surface area contributed by atoms with Crippen molar-refractivity contribution in [2.45, 2.75) is 6.42 Å². The number of halogens is 2. The molecule has 0 unspecified atom stereocenters. The fourth-order valence-electron chi connectivity index (χ4n) is 2.67. The lowest BCUT2D eigenvalue weighted by atomic mass is 10.0. The molecule has 0 aromatic heterocycles. The van der Waals surface area contributed by atoms with Crippen LogP contribution in [0.15, 0.2) is 77.9 Å². The fraction of sp³-hybridized carbons (Fsp3) is 0.0455. The molecule has 0 amide bonds. The van der Waals surface area contributed by atoms with E-state index in [2.05, 4.69) is 5.10 Å². The normalized spacial score (nSPS) is 11.2. The summed E-state index contributed by atoms with van der Waals surface area (Å²) in [5.74, 6) is 4.90. The molecular formula is C22H16Cl2N2O3. The lowest BCUT2D eigenvalue weighted by Gasteiger charge is -2.08. The number of Topliss-reactive ketones (excluding diaryl/α,β-unsaturated/α-hetero) is 1. The van der Waals surface area contributed by atoms with Gasteiger partial charge in [0.1, 0.15) is 11.5 Å². The maximum absolute atomic E-state index is 12.5. The van der Waals surface area contributed by atoms with Gasteiger partial charge in [-0.05, 0) is 48.0 Å². The van der Waals surface area contributed by atoms with Crippen LogP contribution in [0.5, 0.6) is 5.75 Å². The first-order valence-electron chi connectivity index (χ1n) is 8.60. The molecule has 0 radical (unpaired) electrons. The number of esters is 1. The van der Waals surface area contributed by atoms with Crippen molar-refractivity contribution in [3.8, 4) is 5.75 Å². The molecule has 0 saturated carbocycles. The average molecular weight is 427 g/mol. The molecule has 2 N–H and O–H groups in total. The van der Waals surface area contributed by atoms with E-state index in [9.17, 15) is 9.59 Å². The summed E-state index contributed by atoms with van der Waals surface area (Å²) in [5, 5.41) is 4.26. The van der Waals surface area contributed by atoms with E-state index < -0.39 is 5.97 Å². The molecular weight excluding hydrogens is 411 g/mol. The zero-order chi connectivity index (χ0) is 20.8. The van der Waals surface area contributed by atoms with Crippen LogP contribution in [0.1, 0.15) is 21.5 Å². The number of nitrogens with two attached hydrogens (primary N) is 1. The minimum atomic E-state index is -0.618. The molecule has 0 fully saturated rings. The second-order valence-corrected chi connectivity index (χ2v) is 6.94. The number of hydrogen-bond donors (Lipinski definition) is 1. The molecule has 146 valence electrons. The van der Waals surface area contributed by atoms with Crippen molar-refractivity contribution >= 4 is 40.7 Å². The Kier molecular flexibility index (Phi) is 6.65. The van der Waals surface area contributed by atoms with E-state index in [1.54, 1.807) is 30.3 Å². The van der Waals surface area contributed by atoms with E-state index in [1.165, 1.54) is 12.1 Å². The highest BCUT2D eigenvalue weighted by Crippen LogP contribution is 2.23. The smallest absolute Gasteiger partial charge is 0.345 e. The Morgan fingerprint density at radius 1 is 0.931 bits per heavy atom. The molecule has 0 spiro atoms. The van der Waals surface area contributed by atoms with Crippen LogP contribution in [0, 0.1) is 0 Å². The van der Waals surface area contributed by atoms with Crippen molar-refractivity contribution in [3.63, 3.8) is 0 Å². The van der Waals surface area contributed by atoms with Gasteiger partial charge in [-0.25, -0.2) is 4.79 Å². The lowest BCUT2D eigenvalue weighted by molar-refractivity contribution is -0.112. The molecule has 0 atom stereocenters. The van der Waals surface area contributed by atoms with E-state index in [0.717, 1.165) is 5.56 Å². The summed E-state index contributed by atoms with van der Waals surface area (Å²) >= 11 is 11.9. The van der Waals surface area contributed by atoms with Crippen LogP contribution in [-0.4, -0.2) is 17.5 Å². The first-order chi connectivity index (χ1) is 14.0. The highest BCUT2D eigenvalue weighted by Gasteiger charge is 2.16. The SMILES string of the molecule is N/N=C(/C(=O)Cc1ccccc1)c1ccc(OC(=O)c2ccc(Cl)cc2Cl)cc1. The Labute approximate surface area is 177 Å². The van der Waals surface area contributed by atoms with E-state index in [4.69, 9.17) is 33.8 Å². The van der Waals surface area contributed by atoms with Crippen LogP contribution in [0.25, 0.3) is 0 Å². The van der Waals surface area contributed by atoms with Crippen LogP contribution in [0.4, 0.5) is 0 Å². The Hall–Kier alpha value is -3.15. The Morgan fingerprint density at radius 2 is 1.62 bits per heavy atom. The molecule has 3 rings (SSSR count). The lowest BCUT2D eigenvalue weighted by Crippen LogP contribution is -2.19. The van der Waals surface area contributed by atoms with Crippen molar-refractivity contribution in [3.05, 3.63) is 99.5 Å². The highest BCUT2D eigenvalue weighted by molar-refractivity contribution is 6.46. The molecule has 0 saturated heterocycles. The maximum atomic E-state index is 12.5. The zero-order valence-corrected chi connectivity index (χ0v) is 16.7. The van der Waals surface area contributed by atoms with E-state index >= 15 is 0 Å². The first-order valence-corrected chi connectivity index (χ1v) is 9.36. The minimum absolute atomic E-state index is 0.146. The molecule has 0 aliphatic rings. The predicted molar refractivity (Wildman–Crippen MR) is 114 cm³/mol. The van der Waals surface area contributed by atoms with Gasteiger partial charge in [0.25, 0.3) is 0 Å². The molecule has 0 aliphatic carbocycles. The van der Waals surface area contributed by atoms with Crippen LogP contribution >= 0.6 is 23.2 Å². The maximum Gasteiger partial charge on any atom is 0.345 e. The summed E-state index contributed by atoms with van der Waals surface area (Å²) in [7, 11) is 0. The molecule has 0 aliphatic heterocycles. The summed E-state index contributed by atoms with van der Waals surface area (Å²) in [6, 6.07) is 20.1. The second kappa shape index (κ2) is 9.37. The second-order valence-electron chi connectivity index (χ2n) is 6.10. The number of ketones is 1. The third-order valence-electron chi connectivity index (χ3n) is 4.09. The van der Waals surface area contributed by atoms with E-state index in [0.29, 0.717) is 10.6 Å². The summed E-state index contributed by atoms with van der Waals surface area (Å²) < 4.78 is 5.32. The van der Waals surface area contributed by atoms with Crippen LogP contribution in [0.3, 0.4) is 0 Å². The van der Waals surface area contributed by atoms with Crippen LogP contribution in [0.2, 0.25) is 10.0 Å². The third kappa shape index (κ3) is 5.22. The van der Waals surface area contributed by atoms with Gasteiger partial charge in [0.2, 0.25) is 0 Å². The summed E-state index contributed by atoms with van der Waals surface area (Å²) in [4.78, 5) is 24.8. The number of ether oxygens (including phenoxy) is 1. The predicted octanol–water partition coefficient (Wildman–Crippen LogP) is 4.69. The monoisotopic (exact) mass is 426 g/mol. The minimum Gasteiger partial charge on any atom is -0.423 e. The van der Waals surface area contributed by atoms with Crippen molar-refractivity contribution < 1.29 is 14.3 Å². The van der Waals surface area contributed by atoms with E-state index in [1.807, 2.05) is 30.3 Å². The Bertz CT molecular complexity index is 1070. The van der Waals surface area contributed by atoms with Gasteiger partial charge in [-0.2, -0.15) is 5.10 Å². The van der Waals surface area contributed by atoms with Gasteiger partial charge >= 0.3 is 5.97 Å². The van der Waals surface area contributed by atoms with Gasteiger partial charge in [0.15, 0.2) is 5.78 Å². The molecule has 7 heteroatoms. The highest BCUT2D eigenvalue weighted by atomic mass is 35.5. The third-order valence-corrected chi connectivity index (χ3v) is 4.64. The van der Waals surface area contributed by atoms with Crippen LogP contribution < -0.4 is 10.6 Å². The Balaban J connectivity index is 1.71. The molecule has 5 nitrogen and oxygen atoms in total. The fourth-order valence-corrected chi connectivity index (χ4v) is 3.16. The molecule has 3 aromatic carbocycles. The molecule has 0 heterocycles. The number of hydrogen-bond acceptors (Lipinski definition) is 5. The van der Waals surface area contributed by atoms with Gasteiger partial charge in [-0.3, -0.25) is 4.79 Å². The summed E-state index contributed by atoms with van der Waals surface area (Å²) in [6.45, 7) is 0. The Morgan fingerprint density at radius 3 is 2.24 bits per heavy atom. The quantitative estimate of drug-likeness (QED) is 0.204. The largest absolute Gasteiger partial charge is 0.423 e. The number of nitrogens with zero attached hydrogens (tertiary/aromatic N) is 1. The van der Waals surface area contributed by atoms with Crippen molar-refractivity contribution in [1.82, 2.24) is 0 Å². The molecule has 0 bridgehead atoms. The topological polar surface area (TPSA) is 81.8 Å². The van der Waals surface area contributed by atoms with Crippen molar-refractivity contribution in [1.29, 1.82) is 0 Å². The summed E-state index contributed by atoms with van der Waals surface area (Å²) in [6.07, 6.45) is 0.183. The van der Waals surface area contributed by atoms with Gasteiger partial charge in [0.05, 0.1) is 10.6 Å². The number of carbonyl (C=O) groups is 2. The zero-order valence-electron chi connectivity index (χ0n) is 15.1. The first kappa shape index (κ1) is 20.6. The number of hydrazone groups is 1. The van der Waals surface area contributed by atoms with Gasteiger partial charge in [-0.1, -0.05) is 53.5 Å². The number of carbonyl (C=O) groups excluding carboxylic acids is 2. The van der Waals surface area contributed by atoms with Gasteiger partial charge < -0.3 is 10.6 Å².